The monoisotopic (exact) mass is 714 g/mol. The van der Waals surface area contributed by atoms with Crippen molar-refractivity contribution in [2.45, 2.75) is 0 Å². The van der Waals surface area contributed by atoms with E-state index in [-0.39, 0.29) is 0 Å². The van der Waals surface area contributed by atoms with Crippen LogP contribution in [0.15, 0.2) is 162 Å². The van der Waals surface area contributed by atoms with Gasteiger partial charge in [0.1, 0.15) is 5.52 Å². The molecule has 0 radical (unpaired) electrons. The smallest absolute Gasteiger partial charge is 0.227 e. The van der Waals surface area contributed by atoms with Crippen LogP contribution < -0.4 is 0 Å². The summed E-state index contributed by atoms with van der Waals surface area (Å²) >= 11 is 3.58. The highest BCUT2D eigenvalue weighted by molar-refractivity contribution is 7.26. The van der Waals surface area contributed by atoms with Crippen molar-refractivity contribution in [3.8, 4) is 56.7 Å². The molecule has 4 aromatic heterocycles. The van der Waals surface area contributed by atoms with Gasteiger partial charge < -0.3 is 4.42 Å². The molecule has 11 aromatic rings. The summed E-state index contributed by atoms with van der Waals surface area (Å²) in [5, 5.41) is 4.84. The molecule has 7 aromatic carbocycles. The number of hydrogen-bond donors (Lipinski definition) is 0. The fraction of sp³-hybridized carbons (Fsp3) is 0. The zero-order chi connectivity index (χ0) is 34.9. The van der Waals surface area contributed by atoms with Gasteiger partial charge in [0.25, 0.3) is 0 Å². The van der Waals surface area contributed by atoms with Gasteiger partial charge in [0.2, 0.25) is 5.89 Å². The summed E-state index contributed by atoms with van der Waals surface area (Å²) in [6.45, 7) is 0. The lowest BCUT2D eigenvalue weighted by molar-refractivity contribution is 0.620. The highest BCUT2D eigenvalue weighted by atomic mass is 32.1. The third-order valence-corrected chi connectivity index (χ3v) is 12.1. The van der Waals surface area contributed by atoms with Crippen LogP contribution in [0, 0.1) is 0 Å². The summed E-state index contributed by atoms with van der Waals surface area (Å²) in [6, 6.07) is 54.7. The van der Waals surface area contributed by atoms with Crippen molar-refractivity contribution in [1.82, 2.24) is 19.9 Å². The number of fused-ring (bicyclic) bond motifs is 7. The van der Waals surface area contributed by atoms with Crippen molar-refractivity contribution < 1.29 is 4.42 Å². The predicted molar refractivity (Wildman–Crippen MR) is 220 cm³/mol. The van der Waals surface area contributed by atoms with Gasteiger partial charge in [-0.2, -0.15) is 0 Å². The van der Waals surface area contributed by atoms with E-state index in [0.717, 1.165) is 49.2 Å². The third-order valence-electron chi connectivity index (χ3n) is 9.78. The van der Waals surface area contributed by atoms with Crippen LogP contribution in [-0.4, -0.2) is 19.9 Å². The number of thiophene rings is 2. The Morgan fingerprint density at radius 1 is 0.377 bits per heavy atom. The van der Waals surface area contributed by atoms with Gasteiger partial charge >= 0.3 is 0 Å². The van der Waals surface area contributed by atoms with E-state index < -0.39 is 0 Å². The number of benzene rings is 7. The summed E-state index contributed by atoms with van der Waals surface area (Å²) in [4.78, 5) is 20.1. The lowest BCUT2D eigenvalue weighted by Gasteiger charge is -2.09. The van der Waals surface area contributed by atoms with Crippen molar-refractivity contribution in [1.29, 1.82) is 0 Å². The second-order valence-electron chi connectivity index (χ2n) is 13.0. The number of rotatable bonds is 5. The van der Waals surface area contributed by atoms with Gasteiger partial charge in [0.05, 0.1) is 0 Å². The van der Waals surface area contributed by atoms with Gasteiger partial charge in [-0.05, 0) is 77.9 Å². The minimum atomic E-state index is 0.620. The average molecular weight is 715 g/mol. The van der Waals surface area contributed by atoms with E-state index in [1.165, 1.54) is 35.6 Å². The Hall–Kier alpha value is -6.54. The first-order chi connectivity index (χ1) is 26.2. The quantitative estimate of drug-likeness (QED) is 0.178. The normalized spacial score (nSPS) is 11.8. The standard InChI is InChI=1S/C46H26N4OS2/c1-2-10-27(11-3-1)43-48-44(30-21-23-40-35(26-30)32-14-4-7-19-39(32)52-40)50-45(49-43)34-16-9-15-33-36-25-29(20-22-41(36)53-42(33)34)28-12-8-13-31(24-28)46-47-37-17-5-6-18-38(37)51-46/h1-26H. The van der Waals surface area contributed by atoms with Crippen LogP contribution in [0.2, 0.25) is 0 Å². The molecule has 0 aliphatic carbocycles. The molecule has 0 saturated carbocycles. The number of hydrogen-bond acceptors (Lipinski definition) is 7. The summed E-state index contributed by atoms with van der Waals surface area (Å²) in [6.07, 6.45) is 0. The first kappa shape index (κ1) is 30.1. The third kappa shape index (κ3) is 5.12. The molecule has 0 unspecified atom stereocenters. The Bertz CT molecular complexity index is 3160. The molecule has 0 aliphatic heterocycles. The van der Waals surface area contributed by atoms with E-state index in [0.29, 0.717) is 23.4 Å². The highest BCUT2D eigenvalue weighted by Gasteiger charge is 2.18. The van der Waals surface area contributed by atoms with Gasteiger partial charge in [-0.25, -0.2) is 19.9 Å². The van der Waals surface area contributed by atoms with Crippen molar-refractivity contribution >= 4 is 74.1 Å². The van der Waals surface area contributed by atoms with Crippen molar-refractivity contribution in [3.05, 3.63) is 158 Å². The topological polar surface area (TPSA) is 64.7 Å². The Morgan fingerprint density at radius 3 is 1.91 bits per heavy atom. The number of nitrogens with zero attached hydrogens (tertiary/aromatic N) is 4. The second-order valence-corrected chi connectivity index (χ2v) is 15.2. The molecule has 248 valence electrons. The van der Waals surface area contributed by atoms with Gasteiger partial charge in [0, 0.05) is 62.6 Å². The summed E-state index contributed by atoms with van der Waals surface area (Å²) in [5.41, 5.74) is 7.73. The van der Waals surface area contributed by atoms with Crippen LogP contribution >= 0.6 is 22.7 Å². The van der Waals surface area contributed by atoms with Crippen LogP contribution in [-0.2, 0) is 0 Å². The maximum atomic E-state index is 6.10. The molecule has 5 nitrogen and oxygen atoms in total. The molecular weight excluding hydrogens is 689 g/mol. The summed E-state index contributed by atoms with van der Waals surface area (Å²) < 4.78 is 11.0. The van der Waals surface area contributed by atoms with E-state index in [4.69, 9.17) is 24.4 Å². The van der Waals surface area contributed by atoms with E-state index in [1.807, 2.05) is 59.9 Å². The molecule has 0 fully saturated rings. The van der Waals surface area contributed by atoms with Crippen LogP contribution in [0.25, 0.3) is 108 Å². The van der Waals surface area contributed by atoms with Crippen LogP contribution in [0.3, 0.4) is 0 Å². The Balaban J connectivity index is 1.04. The fourth-order valence-corrected chi connectivity index (χ4v) is 9.47. The summed E-state index contributed by atoms with van der Waals surface area (Å²) in [7, 11) is 0. The molecule has 11 rings (SSSR count). The zero-order valence-corrected chi connectivity index (χ0v) is 29.7. The molecule has 0 bridgehead atoms. The van der Waals surface area contributed by atoms with Crippen molar-refractivity contribution in [3.63, 3.8) is 0 Å². The lowest BCUT2D eigenvalue weighted by Crippen LogP contribution is -2.00. The first-order valence-corrected chi connectivity index (χ1v) is 19.0. The first-order valence-electron chi connectivity index (χ1n) is 17.4. The van der Waals surface area contributed by atoms with Gasteiger partial charge in [-0.1, -0.05) is 91.0 Å². The molecule has 0 N–H and O–H groups in total. The van der Waals surface area contributed by atoms with Crippen LogP contribution in [0.4, 0.5) is 0 Å². The van der Waals surface area contributed by atoms with E-state index >= 15 is 0 Å². The molecule has 0 aliphatic rings. The van der Waals surface area contributed by atoms with Gasteiger partial charge in [-0.3, -0.25) is 0 Å². The average Bonchev–Trinajstić information content (AvgIpc) is 3.94. The Morgan fingerprint density at radius 2 is 1.00 bits per heavy atom. The molecular formula is C46H26N4OS2. The van der Waals surface area contributed by atoms with Crippen molar-refractivity contribution in [2.24, 2.45) is 0 Å². The molecule has 0 atom stereocenters. The second kappa shape index (κ2) is 12.0. The maximum absolute atomic E-state index is 6.10. The van der Waals surface area contributed by atoms with Crippen LogP contribution in [0.1, 0.15) is 0 Å². The van der Waals surface area contributed by atoms with Gasteiger partial charge in [0.15, 0.2) is 23.1 Å². The highest BCUT2D eigenvalue weighted by Crippen LogP contribution is 2.42. The SMILES string of the molecule is c1ccc(-c2nc(-c3ccc4sc5ccccc5c4c3)nc(-c3cccc4c3sc3ccc(-c5cccc(-c6nc7ccccc7o6)c5)cc34)n2)cc1. The molecule has 0 spiro atoms. The lowest BCUT2D eigenvalue weighted by atomic mass is 10.0. The van der Waals surface area contributed by atoms with E-state index in [1.54, 1.807) is 11.3 Å². The van der Waals surface area contributed by atoms with Crippen molar-refractivity contribution in [2.75, 3.05) is 0 Å². The largest absolute Gasteiger partial charge is 0.436 e. The molecule has 0 amide bonds. The molecule has 4 heterocycles. The minimum absolute atomic E-state index is 0.620. The van der Waals surface area contributed by atoms with E-state index in [9.17, 15) is 0 Å². The number of aromatic nitrogens is 4. The molecule has 53 heavy (non-hydrogen) atoms. The van der Waals surface area contributed by atoms with Gasteiger partial charge in [-0.15, -0.1) is 22.7 Å². The number of oxazole rings is 1. The van der Waals surface area contributed by atoms with Crippen LogP contribution in [0.5, 0.6) is 0 Å². The number of para-hydroxylation sites is 2. The molecule has 0 saturated heterocycles. The maximum Gasteiger partial charge on any atom is 0.227 e. The Labute approximate surface area is 311 Å². The predicted octanol–water partition coefficient (Wildman–Crippen LogP) is 13.1. The zero-order valence-electron chi connectivity index (χ0n) is 28.0. The summed E-state index contributed by atoms with van der Waals surface area (Å²) in [5.74, 6) is 2.59. The van der Waals surface area contributed by atoms with E-state index in [2.05, 4.69) is 109 Å². The minimum Gasteiger partial charge on any atom is -0.436 e. The molecule has 7 heteroatoms. The fourth-order valence-electron chi connectivity index (χ4n) is 7.19. The Kier molecular flexibility index (Phi) is 6.83.